The molecule has 3 atom stereocenters. The first-order chi connectivity index (χ1) is 21.4. The number of anilines is 1. The third-order valence-corrected chi connectivity index (χ3v) is 10.4. The molecule has 0 amide bonds. The maximum absolute atomic E-state index is 17.0. The monoisotopic (exact) mass is 601 g/mol. The van der Waals surface area contributed by atoms with Crippen LogP contribution in [0.1, 0.15) is 68.9 Å². The van der Waals surface area contributed by atoms with Crippen molar-refractivity contribution in [3.63, 3.8) is 0 Å². The van der Waals surface area contributed by atoms with Gasteiger partial charge in [0, 0.05) is 25.3 Å². The first kappa shape index (κ1) is 28.0. The molecule has 1 unspecified atom stereocenters. The molecule has 0 spiro atoms. The van der Waals surface area contributed by atoms with Gasteiger partial charge in [0.2, 0.25) is 5.88 Å². The summed E-state index contributed by atoms with van der Waals surface area (Å²) in [6, 6.07) is 3.52. The highest BCUT2D eigenvalue weighted by Crippen LogP contribution is 2.46. The lowest BCUT2D eigenvalue weighted by Crippen LogP contribution is -2.43. The predicted octanol–water partition coefficient (Wildman–Crippen LogP) is 5.53. The molecule has 0 saturated carbocycles. The van der Waals surface area contributed by atoms with E-state index < -0.39 is 5.82 Å². The summed E-state index contributed by atoms with van der Waals surface area (Å²) in [5, 5.41) is 11.2. The van der Waals surface area contributed by atoms with E-state index in [1.54, 1.807) is 6.07 Å². The second-order valence-electron chi connectivity index (χ2n) is 13.2. The summed E-state index contributed by atoms with van der Waals surface area (Å²) < 4.78 is 35.7. The van der Waals surface area contributed by atoms with Crippen molar-refractivity contribution in [3.8, 4) is 28.9 Å². The van der Waals surface area contributed by atoms with Crippen LogP contribution in [-0.4, -0.2) is 82.6 Å². The minimum Gasteiger partial charge on any atom is -0.508 e. The molecule has 232 valence electrons. The van der Waals surface area contributed by atoms with E-state index in [1.165, 1.54) is 5.57 Å². The van der Waals surface area contributed by atoms with Crippen LogP contribution in [0.25, 0.3) is 22.2 Å². The van der Waals surface area contributed by atoms with E-state index in [-0.39, 0.29) is 40.5 Å². The van der Waals surface area contributed by atoms with Gasteiger partial charge in [-0.1, -0.05) is 19.1 Å². The number of phenolic OH excluding ortho intramolecular Hbond substituents is 1. The van der Waals surface area contributed by atoms with E-state index in [2.05, 4.69) is 23.3 Å². The van der Waals surface area contributed by atoms with E-state index in [0.29, 0.717) is 55.6 Å². The van der Waals surface area contributed by atoms with Crippen LogP contribution >= 0.6 is 0 Å². The van der Waals surface area contributed by atoms with Gasteiger partial charge in [-0.3, -0.25) is 4.90 Å². The average Bonchev–Trinajstić information content (AvgIpc) is 3.37. The number of halogens is 1. The topological polar surface area (TPSA) is 93.1 Å². The van der Waals surface area contributed by atoms with Crippen LogP contribution in [0.5, 0.6) is 17.6 Å². The second kappa shape index (κ2) is 10.8. The Kier molecular flexibility index (Phi) is 6.90. The highest BCUT2D eigenvalue weighted by Gasteiger charge is 2.46. The molecule has 0 radical (unpaired) electrons. The number of pyridine rings is 1. The molecule has 2 aromatic heterocycles. The van der Waals surface area contributed by atoms with Crippen molar-refractivity contribution < 1.29 is 23.7 Å². The van der Waals surface area contributed by atoms with Gasteiger partial charge in [-0.25, -0.2) is 9.37 Å². The molecule has 1 N–H and O–H groups in total. The van der Waals surface area contributed by atoms with Crippen molar-refractivity contribution in [2.45, 2.75) is 75.8 Å². The summed E-state index contributed by atoms with van der Waals surface area (Å²) in [5.41, 5.74) is 4.12. The molecule has 3 fully saturated rings. The van der Waals surface area contributed by atoms with E-state index in [0.717, 1.165) is 75.6 Å². The van der Waals surface area contributed by atoms with Crippen molar-refractivity contribution in [3.05, 3.63) is 41.2 Å². The Morgan fingerprint density at radius 1 is 1.16 bits per heavy atom. The van der Waals surface area contributed by atoms with Crippen molar-refractivity contribution >= 4 is 16.7 Å². The third-order valence-electron chi connectivity index (χ3n) is 10.4. The van der Waals surface area contributed by atoms with Crippen molar-refractivity contribution in [2.75, 3.05) is 51.0 Å². The van der Waals surface area contributed by atoms with Gasteiger partial charge in [-0.05, 0) is 87.1 Å². The third kappa shape index (κ3) is 4.52. The van der Waals surface area contributed by atoms with Crippen LogP contribution in [0.4, 0.5) is 10.2 Å². The van der Waals surface area contributed by atoms with Gasteiger partial charge in [-0.2, -0.15) is 9.97 Å². The fourth-order valence-corrected chi connectivity index (χ4v) is 8.40. The number of hydrogen-bond acceptors (Lipinski definition) is 9. The molecular formula is C34H40FN5O4. The van der Waals surface area contributed by atoms with Crippen LogP contribution in [0.2, 0.25) is 0 Å². The molecule has 1 aliphatic carbocycles. The fraction of sp³-hybridized carbons (Fsp3) is 0.559. The molecule has 5 aliphatic rings. The van der Waals surface area contributed by atoms with Crippen LogP contribution in [0.15, 0.2) is 24.3 Å². The fourth-order valence-electron chi connectivity index (χ4n) is 8.40. The number of ether oxygens (including phenoxy) is 3. The van der Waals surface area contributed by atoms with Crippen molar-refractivity contribution in [2.24, 2.45) is 0 Å². The summed E-state index contributed by atoms with van der Waals surface area (Å²) in [7, 11) is 0. The lowest BCUT2D eigenvalue weighted by Gasteiger charge is -2.31. The zero-order chi connectivity index (χ0) is 30.0. The van der Waals surface area contributed by atoms with Crippen LogP contribution < -0.4 is 14.4 Å². The molecule has 1 aromatic carbocycles. The highest BCUT2D eigenvalue weighted by molar-refractivity contribution is 5.97. The predicted molar refractivity (Wildman–Crippen MR) is 165 cm³/mol. The van der Waals surface area contributed by atoms with E-state index in [4.69, 9.17) is 29.2 Å². The second-order valence-corrected chi connectivity index (χ2v) is 13.2. The van der Waals surface area contributed by atoms with E-state index >= 15 is 4.39 Å². The molecule has 4 aliphatic heterocycles. The number of nitrogens with zero attached hydrogens (tertiary/aromatic N) is 5. The van der Waals surface area contributed by atoms with Crippen molar-refractivity contribution in [1.82, 2.24) is 19.9 Å². The standard InChI is InChI=1S/C34H40FN5O4/c1-3-21-7-4-8-22-13-24(41)14-25(26(21)22)29-28(35)30-27-31(40-11-6-12-42-17-23(40)18-43-32(27)36-29)38-33(37-30)44-19-34-9-5-10-39(34)16-20(2)15-34/h13-14,21,23,41H,2-12,15-19H2,1H3/t21-,23+,34?/m1/s1. The van der Waals surface area contributed by atoms with Gasteiger partial charge in [0.25, 0.3) is 0 Å². The molecule has 0 bridgehead atoms. The van der Waals surface area contributed by atoms with Gasteiger partial charge in [0.15, 0.2) is 5.82 Å². The highest BCUT2D eigenvalue weighted by atomic mass is 19.1. The number of hydrogen-bond donors (Lipinski definition) is 1. The summed E-state index contributed by atoms with van der Waals surface area (Å²) in [6.45, 7) is 10.9. The van der Waals surface area contributed by atoms with Gasteiger partial charge < -0.3 is 24.2 Å². The minimum atomic E-state index is -0.548. The molecule has 3 saturated heterocycles. The Morgan fingerprint density at radius 2 is 2.07 bits per heavy atom. The molecule has 10 heteroatoms. The van der Waals surface area contributed by atoms with Crippen LogP contribution in [-0.2, 0) is 11.2 Å². The number of fused-ring (bicyclic) bond motifs is 4. The Morgan fingerprint density at radius 3 is 2.95 bits per heavy atom. The molecular weight excluding hydrogens is 561 g/mol. The number of aryl methyl sites for hydroxylation is 1. The number of aromatic nitrogens is 3. The summed E-state index contributed by atoms with van der Waals surface area (Å²) in [4.78, 5) is 19.1. The van der Waals surface area contributed by atoms with Gasteiger partial charge in [0.1, 0.15) is 41.4 Å². The smallest absolute Gasteiger partial charge is 0.319 e. The lowest BCUT2D eigenvalue weighted by molar-refractivity contribution is 0.108. The average molecular weight is 602 g/mol. The quantitative estimate of drug-likeness (QED) is 0.379. The SMILES string of the molecule is C=C1CN2CCCC2(COc2nc3c4c(nc(-c5cc(O)cc6c5[C@H](CC)CCC6)c(F)c4n2)OC[C@@H]2COCCCN32)C1. The van der Waals surface area contributed by atoms with Crippen molar-refractivity contribution in [1.29, 1.82) is 0 Å². The van der Waals surface area contributed by atoms with Gasteiger partial charge in [-0.15, -0.1) is 0 Å². The normalized spacial score (nSPS) is 26.5. The maximum atomic E-state index is 17.0. The summed E-state index contributed by atoms with van der Waals surface area (Å²) >= 11 is 0. The van der Waals surface area contributed by atoms with Crippen LogP contribution in [0, 0.1) is 5.82 Å². The Balaban J connectivity index is 1.30. The number of aromatic hydroxyl groups is 1. The molecule has 44 heavy (non-hydrogen) atoms. The zero-order valence-corrected chi connectivity index (χ0v) is 25.4. The maximum Gasteiger partial charge on any atom is 0.319 e. The van der Waals surface area contributed by atoms with Gasteiger partial charge in [0.05, 0.1) is 18.2 Å². The molecule has 8 rings (SSSR count). The Labute approximate surface area is 257 Å². The van der Waals surface area contributed by atoms with E-state index in [1.807, 2.05) is 6.07 Å². The summed E-state index contributed by atoms with van der Waals surface area (Å²) in [6.07, 6.45) is 7.68. The molecule has 6 heterocycles. The first-order valence-corrected chi connectivity index (χ1v) is 16.2. The minimum absolute atomic E-state index is 0.107. The number of benzene rings is 1. The largest absolute Gasteiger partial charge is 0.508 e. The Bertz CT molecular complexity index is 1650. The zero-order valence-electron chi connectivity index (χ0n) is 25.4. The number of phenols is 1. The number of rotatable bonds is 5. The first-order valence-electron chi connectivity index (χ1n) is 16.2. The van der Waals surface area contributed by atoms with E-state index in [9.17, 15) is 5.11 Å². The summed E-state index contributed by atoms with van der Waals surface area (Å²) in [5.74, 6) is 0.705. The Hall–Kier alpha value is -3.50. The molecule has 9 nitrogen and oxygen atoms in total. The molecule has 3 aromatic rings. The van der Waals surface area contributed by atoms with Gasteiger partial charge >= 0.3 is 6.01 Å². The lowest BCUT2D eigenvalue weighted by atomic mass is 9.78. The van der Waals surface area contributed by atoms with Crippen LogP contribution in [0.3, 0.4) is 0 Å².